The first-order chi connectivity index (χ1) is 5.74. The fourth-order valence-corrected chi connectivity index (χ4v) is 1.18. The molecule has 1 N–H and O–H groups in total. The Morgan fingerprint density at radius 3 is 3.08 bits per heavy atom. The first kappa shape index (κ1) is 9.48. The predicted octanol–water partition coefficient (Wildman–Crippen LogP) is 0.331. The largest absolute Gasteiger partial charge is 0.480 e. The fraction of sp³-hybridized carbons (Fsp3) is 0.875. The second-order valence-electron chi connectivity index (χ2n) is 2.92. The molecule has 0 saturated carbocycles. The van der Waals surface area contributed by atoms with Crippen LogP contribution in [0.2, 0.25) is 0 Å². The highest BCUT2D eigenvalue weighted by atomic mass is 16.5. The summed E-state index contributed by atoms with van der Waals surface area (Å²) >= 11 is 0. The lowest BCUT2D eigenvalue weighted by atomic mass is 10.3. The van der Waals surface area contributed by atoms with Crippen molar-refractivity contribution in [2.24, 2.45) is 0 Å². The van der Waals surface area contributed by atoms with E-state index in [1.807, 2.05) is 14.0 Å². The molecule has 12 heavy (non-hydrogen) atoms. The maximum atomic E-state index is 7.50. The standard InChI is InChI=1S/C8H16N2O2/c1-3-11-8(9)7-6-10(2)4-5-12-7/h7,9H,3-6H2,1-2H3. The van der Waals surface area contributed by atoms with E-state index >= 15 is 0 Å². The molecule has 1 rings (SSSR count). The molecule has 0 radical (unpaired) electrons. The predicted molar refractivity (Wildman–Crippen MR) is 46.6 cm³/mol. The number of nitrogens with zero attached hydrogens (tertiary/aromatic N) is 1. The number of morpholine rings is 1. The Bertz CT molecular complexity index is 161. The molecule has 4 heteroatoms. The van der Waals surface area contributed by atoms with Crippen molar-refractivity contribution < 1.29 is 9.47 Å². The topological polar surface area (TPSA) is 45.5 Å². The molecule has 1 unspecified atom stereocenters. The zero-order valence-electron chi connectivity index (χ0n) is 7.67. The minimum atomic E-state index is -0.163. The Balaban J connectivity index is 2.35. The van der Waals surface area contributed by atoms with E-state index in [9.17, 15) is 0 Å². The Kier molecular flexibility index (Phi) is 3.49. The Hall–Kier alpha value is -0.610. The smallest absolute Gasteiger partial charge is 0.211 e. The van der Waals surface area contributed by atoms with Crippen LogP contribution < -0.4 is 0 Å². The molecule has 0 amide bonds. The first-order valence-electron chi connectivity index (χ1n) is 4.25. The van der Waals surface area contributed by atoms with Gasteiger partial charge in [-0.15, -0.1) is 0 Å². The van der Waals surface area contributed by atoms with E-state index in [0.29, 0.717) is 13.2 Å². The lowest BCUT2D eigenvalue weighted by Crippen LogP contribution is -2.44. The number of nitrogens with one attached hydrogen (secondary N) is 1. The van der Waals surface area contributed by atoms with Gasteiger partial charge in [0.25, 0.3) is 0 Å². The molecule has 1 heterocycles. The average Bonchev–Trinajstić information content (AvgIpc) is 2.05. The van der Waals surface area contributed by atoms with Crippen molar-refractivity contribution in [3.05, 3.63) is 0 Å². The second-order valence-corrected chi connectivity index (χ2v) is 2.92. The molecule has 0 aromatic carbocycles. The van der Waals surface area contributed by atoms with Gasteiger partial charge in [0.1, 0.15) is 6.10 Å². The average molecular weight is 172 g/mol. The summed E-state index contributed by atoms with van der Waals surface area (Å²) in [6, 6.07) is 0. The summed E-state index contributed by atoms with van der Waals surface area (Å²) in [6.45, 7) is 4.81. The zero-order chi connectivity index (χ0) is 8.97. The third kappa shape index (κ3) is 2.46. The summed E-state index contributed by atoms with van der Waals surface area (Å²) < 4.78 is 10.4. The number of rotatable bonds is 2. The summed E-state index contributed by atoms with van der Waals surface area (Å²) in [7, 11) is 2.02. The van der Waals surface area contributed by atoms with Crippen LogP contribution in [0.5, 0.6) is 0 Å². The summed E-state index contributed by atoms with van der Waals surface area (Å²) in [5, 5.41) is 7.50. The number of hydrogen-bond acceptors (Lipinski definition) is 4. The maximum absolute atomic E-state index is 7.50. The molecule has 1 aliphatic heterocycles. The van der Waals surface area contributed by atoms with Crippen molar-refractivity contribution in [2.45, 2.75) is 13.0 Å². The molecule has 1 atom stereocenters. The van der Waals surface area contributed by atoms with Crippen LogP contribution in [0.15, 0.2) is 0 Å². The summed E-state index contributed by atoms with van der Waals surface area (Å²) in [4.78, 5) is 2.14. The van der Waals surface area contributed by atoms with Crippen LogP contribution in [0.1, 0.15) is 6.92 Å². The molecule has 0 bridgehead atoms. The van der Waals surface area contributed by atoms with E-state index in [-0.39, 0.29) is 12.0 Å². The van der Waals surface area contributed by atoms with Crippen LogP contribution in [-0.4, -0.2) is 50.3 Å². The molecule has 70 valence electrons. The van der Waals surface area contributed by atoms with Gasteiger partial charge in [-0.1, -0.05) is 0 Å². The summed E-state index contributed by atoms with van der Waals surface area (Å²) in [6.07, 6.45) is -0.163. The zero-order valence-corrected chi connectivity index (χ0v) is 7.67. The van der Waals surface area contributed by atoms with Crippen LogP contribution in [0.25, 0.3) is 0 Å². The van der Waals surface area contributed by atoms with Gasteiger partial charge < -0.3 is 14.4 Å². The van der Waals surface area contributed by atoms with E-state index in [2.05, 4.69) is 4.90 Å². The second kappa shape index (κ2) is 4.42. The third-order valence-corrected chi connectivity index (χ3v) is 1.86. The molecule has 0 aromatic heterocycles. The summed E-state index contributed by atoms with van der Waals surface area (Å²) in [5.41, 5.74) is 0. The maximum Gasteiger partial charge on any atom is 0.211 e. The number of likely N-dealkylation sites (N-methyl/N-ethyl adjacent to an activating group) is 1. The quantitative estimate of drug-likeness (QED) is 0.482. The van der Waals surface area contributed by atoms with Gasteiger partial charge in [0.05, 0.1) is 13.2 Å². The van der Waals surface area contributed by atoms with Gasteiger partial charge in [0.2, 0.25) is 5.90 Å². The van der Waals surface area contributed by atoms with Gasteiger partial charge in [-0.25, -0.2) is 0 Å². The Labute approximate surface area is 73.0 Å². The molecular formula is C8H16N2O2. The first-order valence-corrected chi connectivity index (χ1v) is 4.25. The molecular weight excluding hydrogens is 156 g/mol. The van der Waals surface area contributed by atoms with E-state index in [4.69, 9.17) is 14.9 Å². The van der Waals surface area contributed by atoms with Crippen molar-refractivity contribution in [1.29, 1.82) is 5.41 Å². The van der Waals surface area contributed by atoms with Gasteiger partial charge in [-0.05, 0) is 14.0 Å². The van der Waals surface area contributed by atoms with Gasteiger partial charge in [0.15, 0.2) is 0 Å². The molecule has 0 spiro atoms. The van der Waals surface area contributed by atoms with Gasteiger partial charge >= 0.3 is 0 Å². The van der Waals surface area contributed by atoms with Crippen LogP contribution in [-0.2, 0) is 9.47 Å². The minimum absolute atomic E-state index is 0.163. The normalized spacial score (nSPS) is 25.3. The number of ether oxygens (including phenoxy) is 2. The molecule has 4 nitrogen and oxygen atoms in total. The monoisotopic (exact) mass is 172 g/mol. The van der Waals surface area contributed by atoms with Crippen LogP contribution in [0.3, 0.4) is 0 Å². The van der Waals surface area contributed by atoms with E-state index in [0.717, 1.165) is 13.1 Å². The van der Waals surface area contributed by atoms with Crippen LogP contribution in [0.4, 0.5) is 0 Å². The van der Waals surface area contributed by atoms with Crippen LogP contribution in [0, 0.1) is 5.41 Å². The molecule has 0 aliphatic carbocycles. The van der Waals surface area contributed by atoms with Crippen molar-refractivity contribution in [3.8, 4) is 0 Å². The summed E-state index contributed by atoms with van der Waals surface area (Å²) in [5.74, 6) is 0.254. The SMILES string of the molecule is CCOC(=N)C1CN(C)CCO1. The highest BCUT2D eigenvalue weighted by molar-refractivity contribution is 5.78. The minimum Gasteiger partial charge on any atom is -0.480 e. The van der Waals surface area contributed by atoms with Gasteiger partial charge in [0, 0.05) is 13.1 Å². The molecule has 0 aromatic rings. The van der Waals surface area contributed by atoms with Crippen molar-refractivity contribution >= 4 is 5.90 Å². The van der Waals surface area contributed by atoms with Crippen molar-refractivity contribution in [1.82, 2.24) is 4.90 Å². The lowest BCUT2D eigenvalue weighted by molar-refractivity contribution is 0.00465. The van der Waals surface area contributed by atoms with Gasteiger partial charge in [-0.3, -0.25) is 5.41 Å². The van der Waals surface area contributed by atoms with Crippen molar-refractivity contribution in [2.75, 3.05) is 33.4 Å². The number of hydrogen-bond donors (Lipinski definition) is 1. The molecule has 1 aliphatic rings. The molecule has 1 saturated heterocycles. The Morgan fingerprint density at radius 2 is 2.50 bits per heavy atom. The van der Waals surface area contributed by atoms with E-state index in [1.54, 1.807) is 0 Å². The van der Waals surface area contributed by atoms with E-state index in [1.165, 1.54) is 0 Å². The van der Waals surface area contributed by atoms with Gasteiger partial charge in [-0.2, -0.15) is 0 Å². The third-order valence-electron chi connectivity index (χ3n) is 1.86. The van der Waals surface area contributed by atoms with E-state index < -0.39 is 0 Å². The van der Waals surface area contributed by atoms with Crippen molar-refractivity contribution in [3.63, 3.8) is 0 Å². The fourth-order valence-electron chi connectivity index (χ4n) is 1.18. The van der Waals surface area contributed by atoms with Crippen LogP contribution >= 0.6 is 0 Å². The molecule has 1 fully saturated rings. The lowest BCUT2D eigenvalue weighted by Gasteiger charge is -2.29. The highest BCUT2D eigenvalue weighted by Gasteiger charge is 2.22. The Morgan fingerprint density at radius 1 is 1.75 bits per heavy atom. The highest BCUT2D eigenvalue weighted by Crippen LogP contribution is 2.04.